The van der Waals surface area contributed by atoms with E-state index in [-0.39, 0.29) is 36.6 Å². The number of rotatable bonds is 7. The van der Waals surface area contributed by atoms with Crippen LogP contribution in [0.1, 0.15) is 33.6 Å². The fourth-order valence-corrected chi connectivity index (χ4v) is 3.77. The molecule has 0 fully saturated rings. The van der Waals surface area contributed by atoms with Gasteiger partial charge in [0.15, 0.2) is 0 Å². The van der Waals surface area contributed by atoms with E-state index in [1.807, 2.05) is 0 Å². The number of hydrogen-bond donors (Lipinski definition) is 3. The standard InChI is InChI=1S/C26H23ClN4O4/c27-19-11-7-17(8-12-19)25(34)28-15-3-6-23(32)29-20-13-9-18(10-14-20)26(35)31-16-24(33)30-21-4-1-2-5-22(21)31/h1-2,4-5,7-14H,3,6,15-16H2,(H,28,34)(H,29,32)(H,30,33). The highest BCUT2D eigenvalue weighted by Gasteiger charge is 2.27. The van der Waals surface area contributed by atoms with E-state index in [0.29, 0.717) is 46.2 Å². The van der Waals surface area contributed by atoms with Crippen LogP contribution in [0.3, 0.4) is 0 Å². The minimum Gasteiger partial charge on any atom is -0.352 e. The molecular formula is C26H23ClN4O4. The molecule has 9 heteroatoms. The molecule has 4 amide bonds. The molecule has 0 bridgehead atoms. The van der Waals surface area contributed by atoms with E-state index in [1.54, 1.807) is 72.8 Å². The Bertz CT molecular complexity index is 1260. The van der Waals surface area contributed by atoms with Crippen molar-refractivity contribution in [2.75, 3.05) is 28.6 Å². The molecule has 1 aliphatic rings. The van der Waals surface area contributed by atoms with Gasteiger partial charge in [0.25, 0.3) is 11.8 Å². The number of carbonyl (C=O) groups excluding carboxylic acids is 4. The second kappa shape index (κ2) is 10.8. The highest BCUT2D eigenvalue weighted by atomic mass is 35.5. The van der Waals surface area contributed by atoms with Crippen molar-refractivity contribution in [2.45, 2.75) is 12.8 Å². The molecule has 3 aromatic rings. The van der Waals surface area contributed by atoms with Crippen LogP contribution in [0.4, 0.5) is 17.1 Å². The molecule has 0 aromatic heterocycles. The number of carbonyl (C=O) groups is 4. The molecule has 1 aliphatic heterocycles. The Kier molecular flexibility index (Phi) is 7.42. The number of nitrogens with one attached hydrogen (secondary N) is 3. The molecule has 0 radical (unpaired) electrons. The molecule has 0 saturated heterocycles. The lowest BCUT2D eigenvalue weighted by molar-refractivity contribution is -0.116. The summed E-state index contributed by atoms with van der Waals surface area (Å²) in [5.41, 5.74) is 2.68. The van der Waals surface area contributed by atoms with Crippen LogP contribution in [0.15, 0.2) is 72.8 Å². The molecule has 35 heavy (non-hydrogen) atoms. The average molecular weight is 491 g/mol. The summed E-state index contributed by atoms with van der Waals surface area (Å²) in [6, 6.07) is 20.2. The van der Waals surface area contributed by atoms with Gasteiger partial charge in [-0.25, -0.2) is 0 Å². The topological polar surface area (TPSA) is 108 Å². The van der Waals surface area contributed by atoms with Gasteiger partial charge in [-0.05, 0) is 67.1 Å². The van der Waals surface area contributed by atoms with Gasteiger partial charge in [-0.1, -0.05) is 23.7 Å². The Morgan fingerprint density at radius 1 is 0.914 bits per heavy atom. The van der Waals surface area contributed by atoms with E-state index >= 15 is 0 Å². The summed E-state index contributed by atoms with van der Waals surface area (Å²) in [5.74, 6) is -0.991. The van der Waals surface area contributed by atoms with Gasteiger partial charge in [0, 0.05) is 34.8 Å². The van der Waals surface area contributed by atoms with Crippen molar-refractivity contribution in [1.82, 2.24) is 5.32 Å². The van der Waals surface area contributed by atoms with E-state index in [1.165, 1.54) is 4.90 Å². The van der Waals surface area contributed by atoms with Crippen LogP contribution in [0.5, 0.6) is 0 Å². The smallest absolute Gasteiger partial charge is 0.258 e. The van der Waals surface area contributed by atoms with Crippen molar-refractivity contribution in [3.05, 3.63) is 88.9 Å². The molecule has 0 spiro atoms. The third-order valence-electron chi connectivity index (χ3n) is 5.40. The molecule has 0 saturated carbocycles. The molecule has 3 N–H and O–H groups in total. The van der Waals surface area contributed by atoms with Crippen molar-refractivity contribution in [3.8, 4) is 0 Å². The molecule has 1 heterocycles. The lowest BCUT2D eigenvalue weighted by Crippen LogP contribution is -2.42. The predicted octanol–water partition coefficient (Wildman–Crippen LogP) is 4.09. The SMILES string of the molecule is O=C(CCCNC(=O)c1ccc(Cl)cc1)Nc1ccc(C(=O)N2CC(=O)Nc3ccccc32)cc1. The molecule has 8 nitrogen and oxygen atoms in total. The summed E-state index contributed by atoms with van der Waals surface area (Å²) in [6.07, 6.45) is 0.694. The molecule has 3 aromatic carbocycles. The predicted molar refractivity (Wildman–Crippen MR) is 135 cm³/mol. The highest BCUT2D eigenvalue weighted by molar-refractivity contribution is 6.30. The van der Waals surface area contributed by atoms with Crippen molar-refractivity contribution in [2.24, 2.45) is 0 Å². The van der Waals surface area contributed by atoms with Gasteiger partial charge in [0.2, 0.25) is 11.8 Å². The lowest BCUT2D eigenvalue weighted by atomic mass is 10.1. The van der Waals surface area contributed by atoms with E-state index in [2.05, 4.69) is 16.0 Å². The largest absolute Gasteiger partial charge is 0.352 e. The summed E-state index contributed by atoms with van der Waals surface area (Å²) in [6.45, 7) is 0.288. The Labute approximate surface area is 207 Å². The first-order valence-electron chi connectivity index (χ1n) is 11.0. The minimum absolute atomic E-state index is 0.0666. The van der Waals surface area contributed by atoms with Crippen molar-refractivity contribution in [1.29, 1.82) is 0 Å². The quantitative estimate of drug-likeness (QED) is 0.433. The van der Waals surface area contributed by atoms with Gasteiger partial charge in [-0.15, -0.1) is 0 Å². The van der Waals surface area contributed by atoms with Gasteiger partial charge in [0.1, 0.15) is 6.54 Å². The van der Waals surface area contributed by atoms with Crippen molar-refractivity contribution in [3.63, 3.8) is 0 Å². The number of fused-ring (bicyclic) bond motifs is 1. The highest BCUT2D eigenvalue weighted by Crippen LogP contribution is 2.30. The van der Waals surface area contributed by atoms with Crippen molar-refractivity contribution >= 4 is 52.3 Å². The average Bonchev–Trinajstić information content (AvgIpc) is 2.86. The third kappa shape index (κ3) is 6.04. The number of benzene rings is 3. The summed E-state index contributed by atoms with van der Waals surface area (Å²) in [4.78, 5) is 50.8. The summed E-state index contributed by atoms with van der Waals surface area (Å²) >= 11 is 5.82. The number of halogens is 1. The normalized spacial score (nSPS) is 12.4. The fourth-order valence-electron chi connectivity index (χ4n) is 3.64. The first kappa shape index (κ1) is 24.0. The minimum atomic E-state index is -0.304. The van der Waals surface area contributed by atoms with Gasteiger partial charge < -0.3 is 16.0 Å². The second-order valence-electron chi connectivity index (χ2n) is 7.95. The van der Waals surface area contributed by atoms with Crippen LogP contribution < -0.4 is 20.9 Å². The van der Waals surface area contributed by atoms with Gasteiger partial charge in [-0.2, -0.15) is 0 Å². The van der Waals surface area contributed by atoms with Gasteiger partial charge in [0.05, 0.1) is 11.4 Å². The maximum absolute atomic E-state index is 13.0. The third-order valence-corrected chi connectivity index (χ3v) is 5.66. The monoisotopic (exact) mass is 490 g/mol. The number of hydrogen-bond acceptors (Lipinski definition) is 4. The van der Waals surface area contributed by atoms with Crippen LogP contribution in [-0.2, 0) is 9.59 Å². The zero-order valence-corrected chi connectivity index (χ0v) is 19.5. The molecule has 0 atom stereocenters. The fraction of sp³-hybridized carbons (Fsp3) is 0.154. The van der Waals surface area contributed by atoms with E-state index in [4.69, 9.17) is 11.6 Å². The van der Waals surface area contributed by atoms with Crippen LogP contribution in [0.2, 0.25) is 5.02 Å². The maximum atomic E-state index is 13.0. The van der Waals surface area contributed by atoms with Crippen LogP contribution in [0, 0.1) is 0 Å². The van der Waals surface area contributed by atoms with Crippen LogP contribution in [-0.4, -0.2) is 36.7 Å². The lowest BCUT2D eigenvalue weighted by Gasteiger charge is -2.29. The molecular weight excluding hydrogens is 468 g/mol. The first-order chi connectivity index (χ1) is 16.9. The van der Waals surface area contributed by atoms with E-state index < -0.39 is 0 Å². The van der Waals surface area contributed by atoms with E-state index in [0.717, 1.165) is 0 Å². The number of amides is 4. The number of para-hydroxylation sites is 2. The Morgan fingerprint density at radius 2 is 1.60 bits per heavy atom. The Morgan fingerprint density at radius 3 is 2.34 bits per heavy atom. The first-order valence-corrected chi connectivity index (χ1v) is 11.4. The molecule has 178 valence electrons. The van der Waals surface area contributed by atoms with E-state index in [9.17, 15) is 19.2 Å². The summed E-state index contributed by atoms with van der Waals surface area (Å²) in [7, 11) is 0. The van der Waals surface area contributed by atoms with Crippen LogP contribution >= 0.6 is 11.6 Å². The summed E-state index contributed by atoms with van der Waals surface area (Å²) in [5, 5.41) is 8.86. The maximum Gasteiger partial charge on any atom is 0.258 e. The second-order valence-corrected chi connectivity index (χ2v) is 8.38. The summed E-state index contributed by atoms with van der Waals surface area (Å²) < 4.78 is 0. The van der Waals surface area contributed by atoms with Crippen molar-refractivity contribution < 1.29 is 19.2 Å². The number of anilines is 3. The van der Waals surface area contributed by atoms with Gasteiger partial charge >= 0.3 is 0 Å². The molecule has 4 rings (SSSR count). The zero-order valence-electron chi connectivity index (χ0n) is 18.7. The molecule has 0 aliphatic carbocycles. The molecule has 0 unspecified atom stereocenters. The number of nitrogens with zero attached hydrogens (tertiary/aromatic N) is 1. The van der Waals surface area contributed by atoms with Gasteiger partial charge in [-0.3, -0.25) is 24.1 Å². The van der Waals surface area contributed by atoms with Crippen LogP contribution in [0.25, 0.3) is 0 Å². The Hall–Kier alpha value is -4.17. The Balaban J connectivity index is 1.26. The zero-order chi connectivity index (χ0) is 24.8.